The van der Waals surface area contributed by atoms with Crippen LogP contribution in [0.15, 0.2) is 6.20 Å². The Morgan fingerprint density at radius 2 is 2.11 bits per heavy atom. The summed E-state index contributed by atoms with van der Waals surface area (Å²) >= 11 is 0. The first-order valence-corrected chi connectivity index (χ1v) is 7.85. The predicted molar refractivity (Wildman–Crippen MR) is 73.3 cm³/mol. The standard InChI is InChI=1S/C11H21N5O2S/c1-8-3-9(2)7-16(6-8)19(17,18)14-5-10-4-13-15-11(10)12/h4,8-9,14H,3,5-7H2,1-2H3,(H3,12,13,15). The zero-order chi connectivity index (χ0) is 14.0. The van der Waals surface area contributed by atoms with Crippen molar-refractivity contribution in [3.8, 4) is 0 Å². The fraction of sp³-hybridized carbons (Fsp3) is 0.727. The van der Waals surface area contributed by atoms with Crippen LogP contribution in [0.1, 0.15) is 25.8 Å². The number of nitrogens with two attached hydrogens (primary N) is 1. The van der Waals surface area contributed by atoms with Crippen molar-refractivity contribution in [1.82, 2.24) is 19.2 Å². The van der Waals surface area contributed by atoms with Crippen LogP contribution in [0.5, 0.6) is 0 Å². The number of aromatic amines is 1. The molecule has 8 heteroatoms. The molecule has 19 heavy (non-hydrogen) atoms. The lowest BCUT2D eigenvalue weighted by Crippen LogP contribution is -2.47. The van der Waals surface area contributed by atoms with Crippen molar-refractivity contribution in [2.45, 2.75) is 26.8 Å². The molecule has 2 heterocycles. The molecule has 1 aromatic rings. The second kappa shape index (κ2) is 5.48. The number of nitrogens with zero attached hydrogens (tertiary/aromatic N) is 2. The third-order valence-electron chi connectivity index (χ3n) is 3.37. The van der Waals surface area contributed by atoms with Crippen molar-refractivity contribution in [1.29, 1.82) is 0 Å². The average molecular weight is 287 g/mol. The molecule has 1 aliphatic rings. The van der Waals surface area contributed by atoms with Gasteiger partial charge in [-0.2, -0.15) is 22.5 Å². The first-order chi connectivity index (χ1) is 8.88. The molecule has 108 valence electrons. The van der Waals surface area contributed by atoms with E-state index in [1.54, 1.807) is 0 Å². The van der Waals surface area contributed by atoms with Crippen molar-refractivity contribution >= 4 is 16.0 Å². The van der Waals surface area contributed by atoms with Gasteiger partial charge in [-0.05, 0) is 18.3 Å². The lowest BCUT2D eigenvalue weighted by Gasteiger charge is -2.33. The van der Waals surface area contributed by atoms with Gasteiger partial charge in [0.25, 0.3) is 10.2 Å². The summed E-state index contributed by atoms with van der Waals surface area (Å²) in [5, 5.41) is 6.34. The van der Waals surface area contributed by atoms with Gasteiger partial charge in [0.15, 0.2) is 0 Å². The van der Waals surface area contributed by atoms with E-state index in [0.29, 0.717) is 36.3 Å². The van der Waals surface area contributed by atoms with E-state index in [0.717, 1.165) is 6.42 Å². The molecule has 1 aliphatic heterocycles. The van der Waals surface area contributed by atoms with Crippen LogP contribution in [0.25, 0.3) is 0 Å². The summed E-state index contributed by atoms with van der Waals surface area (Å²) in [5.41, 5.74) is 6.28. The number of nitrogen functional groups attached to an aromatic ring is 1. The Morgan fingerprint density at radius 1 is 1.47 bits per heavy atom. The molecule has 2 unspecified atom stereocenters. The third kappa shape index (κ3) is 3.46. The van der Waals surface area contributed by atoms with E-state index in [2.05, 4.69) is 28.8 Å². The van der Waals surface area contributed by atoms with Crippen LogP contribution in [0.4, 0.5) is 5.82 Å². The van der Waals surface area contributed by atoms with Gasteiger partial charge in [-0.1, -0.05) is 13.8 Å². The SMILES string of the molecule is CC1CC(C)CN(S(=O)(=O)NCc2cn[nH]c2N)C1. The van der Waals surface area contributed by atoms with Crippen molar-refractivity contribution in [2.24, 2.45) is 11.8 Å². The van der Waals surface area contributed by atoms with Gasteiger partial charge in [0.1, 0.15) is 5.82 Å². The van der Waals surface area contributed by atoms with Crippen LogP contribution in [0.2, 0.25) is 0 Å². The highest BCUT2D eigenvalue weighted by Crippen LogP contribution is 2.22. The highest BCUT2D eigenvalue weighted by Gasteiger charge is 2.30. The monoisotopic (exact) mass is 287 g/mol. The molecule has 7 nitrogen and oxygen atoms in total. The van der Waals surface area contributed by atoms with Crippen molar-refractivity contribution in [3.05, 3.63) is 11.8 Å². The summed E-state index contributed by atoms with van der Waals surface area (Å²) in [7, 11) is -3.46. The van der Waals surface area contributed by atoms with Gasteiger partial charge in [-0.25, -0.2) is 0 Å². The molecule has 2 atom stereocenters. The van der Waals surface area contributed by atoms with Gasteiger partial charge in [0.05, 0.1) is 6.20 Å². The van der Waals surface area contributed by atoms with Crippen LogP contribution in [-0.4, -0.2) is 36.0 Å². The topological polar surface area (TPSA) is 104 Å². The first kappa shape index (κ1) is 14.3. The fourth-order valence-corrected chi connectivity index (χ4v) is 3.95. The van der Waals surface area contributed by atoms with Gasteiger partial charge in [-0.15, -0.1) is 0 Å². The third-order valence-corrected chi connectivity index (χ3v) is 4.86. The Bertz CT molecular complexity index is 517. The quantitative estimate of drug-likeness (QED) is 0.741. The number of hydrogen-bond donors (Lipinski definition) is 3. The maximum absolute atomic E-state index is 12.2. The number of hydrogen-bond acceptors (Lipinski definition) is 4. The summed E-state index contributed by atoms with van der Waals surface area (Å²) in [4.78, 5) is 0. The molecule has 1 aromatic heterocycles. The average Bonchev–Trinajstić information content (AvgIpc) is 2.71. The van der Waals surface area contributed by atoms with E-state index >= 15 is 0 Å². The van der Waals surface area contributed by atoms with Crippen LogP contribution >= 0.6 is 0 Å². The minimum atomic E-state index is -3.46. The number of piperidine rings is 1. The molecule has 1 saturated heterocycles. The predicted octanol–water partition coefficient (Wildman–Crippen LogP) is 0.304. The number of anilines is 1. The Labute approximate surface area is 113 Å². The maximum atomic E-state index is 12.2. The van der Waals surface area contributed by atoms with Gasteiger partial charge in [-0.3, -0.25) is 5.10 Å². The highest BCUT2D eigenvalue weighted by molar-refractivity contribution is 7.87. The smallest absolute Gasteiger partial charge is 0.279 e. The zero-order valence-corrected chi connectivity index (χ0v) is 12.1. The molecule has 0 amide bonds. The van der Waals surface area contributed by atoms with E-state index < -0.39 is 10.2 Å². The molecular weight excluding hydrogens is 266 g/mol. The summed E-state index contributed by atoms with van der Waals surface area (Å²) in [6.45, 7) is 5.45. The van der Waals surface area contributed by atoms with E-state index in [4.69, 9.17) is 5.73 Å². The Hall–Kier alpha value is -1.12. The molecule has 0 aliphatic carbocycles. The number of nitrogens with one attached hydrogen (secondary N) is 2. The zero-order valence-electron chi connectivity index (χ0n) is 11.3. The normalized spacial score (nSPS) is 25.6. The largest absolute Gasteiger partial charge is 0.384 e. The Morgan fingerprint density at radius 3 is 2.63 bits per heavy atom. The van der Waals surface area contributed by atoms with Gasteiger partial charge >= 0.3 is 0 Å². The number of H-pyrrole nitrogens is 1. The summed E-state index contributed by atoms with van der Waals surface area (Å²) < 4.78 is 28.5. The summed E-state index contributed by atoms with van der Waals surface area (Å²) in [6, 6.07) is 0. The number of rotatable bonds is 4. The molecule has 0 aromatic carbocycles. The molecular formula is C11H21N5O2S. The fourth-order valence-electron chi connectivity index (χ4n) is 2.52. The van der Waals surface area contributed by atoms with Gasteiger partial charge in [0, 0.05) is 25.2 Å². The molecule has 2 rings (SSSR count). The van der Waals surface area contributed by atoms with Gasteiger partial charge < -0.3 is 5.73 Å². The van der Waals surface area contributed by atoms with Crippen molar-refractivity contribution in [2.75, 3.05) is 18.8 Å². The first-order valence-electron chi connectivity index (χ1n) is 6.41. The maximum Gasteiger partial charge on any atom is 0.279 e. The molecule has 0 bridgehead atoms. The highest BCUT2D eigenvalue weighted by atomic mass is 32.2. The molecule has 0 radical (unpaired) electrons. The molecule has 4 N–H and O–H groups in total. The van der Waals surface area contributed by atoms with E-state index in [1.165, 1.54) is 10.5 Å². The Kier molecular flexibility index (Phi) is 4.12. The minimum absolute atomic E-state index is 0.157. The van der Waals surface area contributed by atoms with Crippen molar-refractivity contribution in [3.63, 3.8) is 0 Å². The van der Waals surface area contributed by atoms with Crippen molar-refractivity contribution < 1.29 is 8.42 Å². The molecule has 0 spiro atoms. The van der Waals surface area contributed by atoms with E-state index in [1.807, 2.05) is 0 Å². The lowest BCUT2D eigenvalue weighted by atomic mass is 9.94. The van der Waals surface area contributed by atoms with E-state index in [9.17, 15) is 8.42 Å². The van der Waals surface area contributed by atoms with Gasteiger partial charge in [0.2, 0.25) is 0 Å². The lowest BCUT2D eigenvalue weighted by molar-refractivity contribution is 0.220. The van der Waals surface area contributed by atoms with E-state index in [-0.39, 0.29) is 6.54 Å². The summed E-state index contributed by atoms with van der Waals surface area (Å²) in [5.74, 6) is 1.17. The molecule has 1 fully saturated rings. The number of aromatic nitrogens is 2. The molecule has 0 saturated carbocycles. The van der Waals surface area contributed by atoms with Crippen LogP contribution in [0, 0.1) is 11.8 Å². The summed E-state index contributed by atoms with van der Waals surface area (Å²) in [6.07, 6.45) is 2.60. The second-order valence-electron chi connectivity index (χ2n) is 5.40. The van der Waals surface area contributed by atoms with Crippen LogP contribution < -0.4 is 10.5 Å². The minimum Gasteiger partial charge on any atom is -0.384 e. The van der Waals surface area contributed by atoms with Crippen LogP contribution in [0.3, 0.4) is 0 Å². The Balaban J connectivity index is 2.00. The second-order valence-corrected chi connectivity index (χ2v) is 7.15. The van der Waals surface area contributed by atoms with Crippen LogP contribution in [-0.2, 0) is 16.8 Å².